The second-order valence-electron chi connectivity index (χ2n) is 6.80. The molecule has 0 unspecified atom stereocenters. The van der Waals surface area contributed by atoms with E-state index in [1.54, 1.807) is 11.8 Å². The molecule has 4 aromatic rings. The number of fused-ring (bicyclic) bond motifs is 1. The largest absolute Gasteiger partial charge is 0.348 e. The molecule has 0 aliphatic rings. The topological polar surface area (TPSA) is 29.1 Å². The molecule has 4 aromatic carbocycles. The summed E-state index contributed by atoms with van der Waals surface area (Å²) < 4.78 is 0. The Bertz CT molecular complexity index is 1120. The fourth-order valence-electron chi connectivity index (χ4n) is 3.08. The summed E-state index contributed by atoms with van der Waals surface area (Å²) in [4.78, 5) is 13.6. The van der Waals surface area contributed by atoms with E-state index in [-0.39, 0.29) is 5.91 Å². The summed E-state index contributed by atoms with van der Waals surface area (Å²) in [5.74, 6) is 0.788. The van der Waals surface area contributed by atoms with Crippen LogP contribution in [0.25, 0.3) is 10.8 Å². The SMILES string of the molecule is O=C(NCc1ccc2ccccc2c1)c1ccc(CSc2ccc(Cl)cc2)cc1. The molecule has 0 spiro atoms. The van der Waals surface area contributed by atoms with Gasteiger partial charge in [-0.05, 0) is 64.4 Å². The van der Waals surface area contributed by atoms with Gasteiger partial charge < -0.3 is 5.32 Å². The molecule has 29 heavy (non-hydrogen) atoms. The summed E-state index contributed by atoms with van der Waals surface area (Å²) in [6.45, 7) is 0.512. The molecule has 0 aliphatic carbocycles. The smallest absolute Gasteiger partial charge is 0.251 e. The molecule has 0 saturated carbocycles. The standard InChI is InChI=1S/C25H20ClNOS/c26-23-11-13-24(14-12-23)29-17-18-5-9-21(10-6-18)25(28)27-16-19-7-8-20-3-1-2-4-22(20)15-19/h1-15H,16-17H2,(H,27,28). The van der Waals surface area contributed by atoms with Crippen LogP contribution in [0.15, 0.2) is 95.9 Å². The number of carbonyl (C=O) groups is 1. The molecule has 0 saturated heterocycles. The van der Waals surface area contributed by atoms with Crippen molar-refractivity contribution >= 4 is 40.0 Å². The summed E-state index contributed by atoms with van der Waals surface area (Å²) in [5, 5.41) is 6.14. The molecule has 144 valence electrons. The Balaban J connectivity index is 1.33. The summed E-state index contributed by atoms with van der Waals surface area (Å²) in [7, 11) is 0. The van der Waals surface area contributed by atoms with E-state index in [4.69, 9.17) is 11.6 Å². The van der Waals surface area contributed by atoms with Crippen molar-refractivity contribution in [3.05, 3.63) is 113 Å². The molecule has 1 N–H and O–H groups in total. The zero-order valence-electron chi connectivity index (χ0n) is 15.8. The summed E-state index contributed by atoms with van der Waals surface area (Å²) >= 11 is 7.66. The second-order valence-corrected chi connectivity index (χ2v) is 8.29. The van der Waals surface area contributed by atoms with Crippen molar-refractivity contribution in [2.45, 2.75) is 17.2 Å². The summed E-state index contributed by atoms with van der Waals surface area (Å²) in [5.41, 5.74) is 2.94. The third-order valence-electron chi connectivity index (χ3n) is 4.70. The number of halogens is 1. The second kappa shape index (κ2) is 9.17. The highest BCUT2D eigenvalue weighted by atomic mass is 35.5. The average molecular weight is 418 g/mol. The van der Waals surface area contributed by atoms with E-state index >= 15 is 0 Å². The van der Waals surface area contributed by atoms with Crippen molar-refractivity contribution in [3.63, 3.8) is 0 Å². The van der Waals surface area contributed by atoms with Crippen molar-refractivity contribution < 1.29 is 4.79 Å². The number of hydrogen-bond acceptors (Lipinski definition) is 2. The minimum Gasteiger partial charge on any atom is -0.348 e. The molecule has 0 radical (unpaired) electrons. The zero-order chi connectivity index (χ0) is 20.1. The van der Waals surface area contributed by atoms with Gasteiger partial charge in [0.05, 0.1) is 0 Å². The molecule has 4 heteroatoms. The van der Waals surface area contributed by atoms with E-state index < -0.39 is 0 Å². The number of thioether (sulfide) groups is 1. The summed E-state index contributed by atoms with van der Waals surface area (Å²) in [6, 6.07) is 30.1. The van der Waals surface area contributed by atoms with Gasteiger partial charge in [0.25, 0.3) is 5.91 Å². The molecule has 1 amide bonds. The number of rotatable bonds is 6. The monoisotopic (exact) mass is 417 g/mol. The predicted octanol–water partition coefficient (Wildman–Crippen LogP) is 6.72. The first kappa shape index (κ1) is 19.6. The number of hydrogen-bond donors (Lipinski definition) is 1. The van der Waals surface area contributed by atoms with Crippen LogP contribution in [0, 0.1) is 0 Å². The van der Waals surface area contributed by atoms with Crippen LogP contribution in [0.4, 0.5) is 0 Å². The molecule has 4 rings (SSSR count). The molecule has 0 aliphatic heterocycles. The third-order valence-corrected chi connectivity index (χ3v) is 6.04. The molecule has 0 bridgehead atoms. The van der Waals surface area contributed by atoms with Crippen molar-refractivity contribution in [1.29, 1.82) is 0 Å². The van der Waals surface area contributed by atoms with E-state index in [2.05, 4.69) is 35.6 Å². The van der Waals surface area contributed by atoms with E-state index in [9.17, 15) is 4.79 Å². The number of nitrogens with one attached hydrogen (secondary N) is 1. The average Bonchev–Trinajstić information content (AvgIpc) is 2.77. The van der Waals surface area contributed by atoms with Crippen molar-refractivity contribution in [3.8, 4) is 0 Å². The first-order valence-electron chi connectivity index (χ1n) is 9.40. The maximum absolute atomic E-state index is 12.5. The minimum absolute atomic E-state index is 0.0601. The molecular weight excluding hydrogens is 398 g/mol. The number of carbonyl (C=O) groups excluding carboxylic acids is 1. The van der Waals surface area contributed by atoms with E-state index in [1.807, 2.05) is 60.7 Å². The Kier molecular flexibility index (Phi) is 6.18. The summed E-state index contributed by atoms with van der Waals surface area (Å²) in [6.07, 6.45) is 0. The van der Waals surface area contributed by atoms with E-state index in [0.29, 0.717) is 12.1 Å². The number of benzene rings is 4. The van der Waals surface area contributed by atoms with Crippen molar-refractivity contribution in [2.24, 2.45) is 0 Å². The van der Waals surface area contributed by atoms with Crippen LogP contribution in [-0.4, -0.2) is 5.91 Å². The van der Waals surface area contributed by atoms with Gasteiger partial charge >= 0.3 is 0 Å². The third kappa shape index (κ3) is 5.20. The van der Waals surface area contributed by atoms with Gasteiger partial charge in [-0.3, -0.25) is 4.79 Å². The maximum atomic E-state index is 12.5. The van der Waals surface area contributed by atoms with Crippen LogP contribution in [0.3, 0.4) is 0 Å². The van der Waals surface area contributed by atoms with Crippen LogP contribution in [-0.2, 0) is 12.3 Å². The van der Waals surface area contributed by atoms with Crippen LogP contribution < -0.4 is 5.32 Å². The van der Waals surface area contributed by atoms with Gasteiger partial charge in [0.15, 0.2) is 0 Å². The highest BCUT2D eigenvalue weighted by Gasteiger charge is 2.06. The van der Waals surface area contributed by atoms with Gasteiger partial charge in [-0.25, -0.2) is 0 Å². The van der Waals surface area contributed by atoms with Crippen LogP contribution >= 0.6 is 23.4 Å². The minimum atomic E-state index is -0.0601. The molecule has 0 atom stereocenters. The Morgan fingerprint density at radius 1 is 0.793 bits per heavy atom. The first-order chi connectivity index (χ1) is 14.2. The lowest BCUT2D eigenvalue weighted by molar-refractivity contribution is 0.0951. The normalized spacial score (nSPS) is 10.8. The van der Waals surface area contributed by atoms with Gasteiger partial charge in [-0.1, -0.05) is 60.1 Å². The van der Waals surface area contributed by atoms with Crippen molar-refractivity contribution in [1.82, 2.24) is 5.32 Å². The van der Waals surface area contributed by atoms with Gasteiger partial charge in [0.2, 0.25) is 0 Å². The Morgan fingerprint density at radius 3 is 2.24 bits per heavy atom. The lowest BCUT2D eigenvalue weighted by Gasteiger charge is -2.08. The molecule has 2 nitrogen and oxygen atoms in total. The van der Waals surface area contributed by atoms with Crippen molar-refractivity contribution in [2.75, 3.05) is 0 Å². The van der Waals surface area contributed by atoms with Gasteiger partial charge in [0, 0.05) is 27.8 Å². The van der Waals surface area contributed by atoms with E-state index in [1.165, 1.54) is 21.2 Å². The molecular formula is C25H20ClNOS. The van der Waals surface area contributed by atoms with Gasteiger partial charge in [-0.2, -0.15) is 0 Å². The van der Waals surface area contributed by atoms with Gasteiger partial charge in [0.1, 0.15) is 0 Å². The zero-order valence-corrected chi connectivity index (χ0v) is 17.3. The quantitative estimate of drug-likeness (QED) is 0.353. The fraction of sp³-hybridized carbons (Fsp3) is 0.0800. The Morgan fingerprint density at radius 2 is 1.48 bits per heavy atom. The Hall–Kier alpha value is -2.75. The Labute approximate surface area is 179 Å². The van der Waals surface area contributed by atoms with Gasteiger partial charge in [-0.15, -0.1) is 11.8 Å². The lowest BCUT2D eigenvalue weighted by atomic mass is 10.1. The highest BCUT2D eigenvalue weighted by molar-refractivity contribution is 7.98. The fourth-order valence-corrected chi connectivity index (χ4v) is 4.06. The maximum Gasteiger partial charge on any atom is 0.251 e. The molecule has 0 aromatic heterocycles. The van der Waals surface area contributed by atoms with Crippen LogP contribution in [0.5, 0.6) is 0 Å². The highest BCUT2D eigenvalue weighted by Crippen LogP contribution is 2.24. The first-order valence-corrected chi connectivity index (χ1v) is 10.8. The van der Waals surface area contributed by atoms with Crippen LogP contribution in [0.1, 0.15) is 21.5 Å². The van der Waals surface area contributed by atoms with Crippen LogP contribution in [0.2, 0.25) is 5.02 Å². The predicted molar refractivity (Wildman–Crippen MR) is 123 cm³/mol. The van der Waals surface area contributed by atoms with E-state index in [0.717, 1.165) is 16.3 Å². The molecule has 0 fully saturated rings. The number of amides is 1. The molecule has 0 heterocycles. The lowest BCUT2D eigenvalue weighted by Crippen LogP contribution is -2.22.